The number of benzene rings is 2. The highest BCUT2D eigenvalue weighted by Gasteiger charge is 2.19. The van der Waals surface area contributed by atoms with Crippen molar-refractivity contribution in [2.75, 3.05) is 26.6 Å². The number of nitrogens with one attached hydrogen (secondary N) is 2. The Morgan fingerprint density at radius 3 is 2.43 bits per heavy atom. The van der Waals surface area contributed by atoms with Gasteiger partial charge in [-0.25, -0.2) is 4.98 Å². The zero-order valence-corrected chi connectivity index (χ0v) is 17.8. The van der Waals surface area contributed by atoms with Crippen LogP contribution in [0.15, 0.2) is 61.2 Å². The van der Waals surface area contributed by atoms with E-state index in [0.29, 0.717) is 11.5 Å². The highest BCUT2D eigenvalue weighted by molar-refractivity contribution is 5.92. The highest BCUT2D eigenvalue weighted by Crippen LogP contribution is 2.28. The number of likely N-dealkylation sites (N-methyl/N-ethyl adjacent to an activating group) is 1. The fraction of sp³-hybridized carbons (Fsp3) is 0.304. The van der Waals surface area contributed by atoms with Gasteiger partial charge in [0.1, 0.15) is 0 Å². The summed E-state index contributed by atoms with van der Waals surface area (Å²) < 4.78 is 12.6. The molecule has 2 N–H and O–H groups in total. The molecule has 2 unspecified atom stereocenters. The molecule has 158 valence electrons. The van der Waals surface area contributed by atoms with Gasteiger partial charge in [0.25, 0.3) is 0 Å². The van der Waals surface area contributed by atoms with Crippen LogP contribution < -0.4 is 20.1 Å². The molecule has 30 heavy (non-hydrogen) atoms. The van der Waals surface area contributed by atoms with Crippen LogP contribution in [0.1, 0.15) is 24.1 Å². The molecule has 0 aliphatic heterocycles. The number of rotatable bonds is 9. The summed E-state index contributed by atoms with van der Waals surface area (Å²) in [6.07, 6.45) is 5.79. The molecule has 0 bridgehead atoms. The van der Waals surface area contributed by atoms with Gasteiger partial charge >= 0.3 is 0 Å². The van der Waals surface area contributed by atoms with Gasteiger partial charge in [0.2, 0.25) is 5.91 Å². The van der Waals surface area contributed by atoms with Gasteiger partial charge in [0, 0.05) is 24.1 Å². The normalized spacial score (nSPS) is 12.8. The number of anilines is 1. The van der Waals surface area contributed by atoms with Gasteiger partial charge in [-0.15, -0.1) is 0 Å². The smallest absolute Gasteiger partial charge is 0.228 e. The van der Waals surface area contributed by atoms with Crippen LogP contribution in [0.5, 0.6) is 11.5 Å². The Morgan fingerprint density at radius 2 is 1.83 bits per heavy atom. The van der Waals surface area contributed by atoms with Crippen LogP contribution in [-0.4, -0.2) is 42.8 Å². The maximum atomic E-state index is 12.5. The molecule has 3 aromatic rings. The summed E-state index contributed by atoms with van der Waals surface area (Å²) in [6.45, 7) is 2.13. The Morgan fingerprint density at radius 1 is 1.10 bits per heavy atom. The number of hydrogen-bond donors (Lipinski definition) is 2. The van der Waals surface area contributed by atoms with Crippen LogP contribution >= 0.6 is 0 Å². The molecule has 1 amide bonds. The summed E-state index contributed by atoms with van der Waals surface area (Å²) in [6, 6.07) is 13.7. The average Bonchev–Trinajstić information content (AvgIpc) is 3.29. The predicted molar refractivity (Wildman–Crippen MR) is 117 cm³/mol. The lowest BCUT2D eigenvalue weighted by Crippen LogP contribution is -2.32. The van der Waals surface area contributed by atoms with Crippen LogP contribution in [0.25, 0.3) is 0 Å². The molecule has 3 rings (SSSR count). The molecule has 1 aromatic heterocycles. The topological polar surface area (TPSA) is 77.4 Å². The third-order valence-corrected chi connectivity index (χ3v) is 5.12. The number of imidazole rings is 1. The summed E-state index contributed by atoms with van der Waals surface area (Å²) in [4.78, 5) is 16.7. The highest BCUT2D eigenvalue weighted by atomic mass is 16.5. The first-order chi connectivity index (χ1) is 14.5. The van der Waals surface area contributed by atoms with Crippen molar-refractivity contribution in [1.82, 2.24) is 14.9 Å². The van der Waals surface area contributed by atoms with Gasteiger partial charge in [-0.1, -0.05) is 18.2 Å². The maximum absolute atomic E-state index is 12.5. The van der Waals surface area contributed by atoms with Crippen molar-refractivity contribution in [2.45, 2.75) is 25.4 Å². The van der Waals surface area contributed by atoms with Crippen molar-refractivity contribution >= 4 is 11.6 Å². The Labute approximate surface area is 177 Å². The summed E-state index contributed by atoms with van der Waals surface area (Å²) in [5, 5.41) is 6.26. The van der Waals surface area contributed by atoms with E-state index < -0.39 is 0 Å². The van der Waals surface area contributed by atoms with E-state index in [0.717, 1.165) is 16.8 Å². The van der Waals surface area contributed by atoms with Crippen LogP contribution in [-0.2, 0) is 11.2 Å². The first-order valence-electron chi connectivity index (χ1n) is 9.81. The number of ether oxygens (including phenoxy) is 2. The lowest BCUT2D eigenvalue weighted by Gasteiger charge is -2.25. The minimum absolute atomic E-state index is 0.0928. The first-order valence-corrected chi connectivity index (χ1v) is 9.81. The van der Waals surface area contributed by atoms with Gasteiger partial charge < -0.3 is 24.7 Å². The molecule has 0 fully saturated rings. The number of carbonyl (C=O) groups is 1. The molecule has 2 atom stereocenters. The van der Waals surface area contributed by atoms with Crippen LogP contribution in [0, 0.1) is 0 Å². The SMILES string of the molecule is CNC(C)C(c1ccc(NC(=O)Cc2ccc(OC)c(OC)c2)cc1)n1ccnc1. The van der Waals surface area contributed by atoms with Crippen molar-refractivity contribution in [1.29, 1.82) is 0 Å². The maximum Gasteiger partial charge on any atom is 0.228 e. The van der Waals surface area contributed by atoms with E-state index in [2.05, 4.69) is 27.1 Å². The molecule has 0 spiro atoms. The number of carbonyl (C=O) groups excluding carboxylic acids is 1. The molecule has 0 aliphatic rings. The van der Waals surface area contributed by atoms with Crippen molar-refractivity contribution in [3.8, 4) is 11.5 Å². The monoisotopic (exact) mass is 408 g/mol. The largest absolute Gasteiger partial charge is 0.493 e. The van der Waals surface area contributed by atoms with E-state index in [1.807, 2.05) is 56.0 Å². The van der Waals surface area contributed by atoms with Gasteiger partial charge in [0.15, 0.2) is 11.5 Å². The third kappa shape index (κ3) is 4.99. The zero-order chi connectivity index (χ0) is 21.5. The van der Waals surface area contributed by atoms with E-state index in [-0.39, 0.29) is 24.4 Å². The van der Waals surface area contributed by atoms with Crippen LogP contribution in [0.2, 0.25) is 0 Å². The quantitative estimate of drug-likeness (QED) is 0.568. The molecule has 0 radical (unpaired) electrons. The second-order valence-corrected chi connectivity index (χ2v) is 7.07. The zero-order valence-electron chi connectivity index (χ0n) is 17.8. The summed E-state index contributed by atoms with van der Waals surface area (Å²) in [5.74, 6) is 1.15. The number of amides is 1. The molecular weight excluding hydrogens is 380 g/mol. The lowest BCUT2D eigenvalue weighted by molar-refractivity contribution is -0.115. The van der Waals surface area contributed by atoms with E-state index in [1.54, 1.807) is 26.5 Å². The van der Waals surface area contributed by atoms with Crippen molar-refractivity contribution in [3.05, 3.63) is 72.3 Å². The Hall–Kier alpha value is -3.32. The van der Waals surface area contributed by atoms with Gasteiger partial charge in [-0.3, -0.25) is 4.79 Å². The Bertz CT molecular complexity index is 955. The second kappa shape index (κ2) is 9.93. The number of nitrogens with zero attached hydrogens (tertiary/aromatic N) is 2. The number of hydrogen-bond acceptors (Lipinski definition) is 5. The Kier molecular flexibility index (Phi) is 7.08. The summed E-state index contributed by atoms with van der Waals surface area (Å²) in [7, 11) is 5.11. The summed E-state index contributed by atoms with van der Waals surface area (Å²) in [5.41, 5.74) is 2.74. The van der Waals surface area contributed by atoms with Gasteiger partial charge in [-0.05, 0) is 49.4 Å². The fourth-order valence-electron chi connectivity index (χ4n) is 3.46. The van der Waals surface area contributed by atoms with Crippen LogP contribution in [0.4, 0.5) is 5.69 Å². The van der Waals surface area contributed by atoms with Gasteiger partial charge in [-0.2, -0.15) is 0 Å². The molecule has 7 nitrogen and oxygen atoms in total. The second-order valence-electron chi connectivity index (χ2n) is 7.07. The molecular formula is C23H28N4O3. The standard InChI is InChI=1S/C23H28N4O3/c1-16(24-2)23(27-12-11-25-15-27)18-6-8-19(9-7-18)26-22(28)14-17-5-10-20(29-3)21(13-17)30-4/h5-13,15-16,23-24H,14H2,1-4H3,(H,26,28). The van der Waals surface area contributed by atoms with Crippen molar-refractivity contribution in [2.24, 2.45) is 0 Å². The predicted octanol–water partition coefficient (Wildman–Crippen LogP) is 3.28. The van der Waals surface area contributed by atoms with Crippen LogP contribution in [0.3, 0.4) is 0 Å². The average molecular weight is 409 g/mol. The third-order valence-electron chi connectivity index (χ3n) is 5.12. The number of aromatic nitrogens is 2. The molecule has 0 aliphatic carbocycles. The Balaban J connectivity index is 1.68. The van der Waals surface area contributed by atoms with E-state index in [9.17, 15) is 4.79 Å². The van der Waals surface area contributed by atoms with Crippen molar-refractivity contribution < 1.29 is 14.3 Å². The molecule has 0 saturated carbocycles. The van der Waals surface area contributed by atoms with E-state index >= 15 is 0 Å². The van der Waals surface area contributed by atoms with E-state index in [4.69, 9.17) is 9.47 Å². The van der Waals surface area contributed by atoms with Gasteiger partial charge in [0.05, 0.1) is 33.0 Å². The summed E-state index contributed by atoms with van der Waals surface area (Å²) >= 11 is 0. The minimum Gasteiger partial charge on any atom is -0.493 e. The molecule has 2 aromatic carbocycles. The minimum atomic E-state index is -0.0928. The first kappa shape index (κ1) is 21.4. The molecule has 7 heteroatoms. The fourth-order valence-corrected chi connectivity index (χ4v) is 3.46. The lowest BCUT2D eigenvalue weighted by atomic mass is 10.00. The molecule has 0 saturated heterocycles. The van der Waals surface area contributed by atoms with E-state index in [1.165, 1.54) is 0 Å². The van der Waals surface area contributed by atoms with Crippen molar-refractivity contribution in [3.63, 3.8) is 0 Å². The molecule has 1 heterocycles. The number of methoxy groups -OCH3 is 2.